The normalized spacial score (nSPS) is 12.2. The number of carbonyl (C=O) groups is 1. The molecular formula is C17H23N3O2. The molecule has 0 aliphatic rings. The van der Waals surface area contributed by atoms with Crippen LogP contribution in [-0.2, 0) is 18.3 Å². The number of carbonyl (C=O) groups excluding carboxylic acids is 1. The molecule has 0 radical (unpaired) electrons. The SMILES string of the molecule is COc1cccc(CC(=O)N[C@H](c2nccn2C)C(C)C)c1. The zero-order valence-electron chi connectivity index (χ0n) is 13.5. The number of nitrogens with zero attached hydrogens (tertiary/aromatic N) is 2. The molecule has 0 aliphatic carbocycles. The molecular weight excluding hydrogens is 278 g/mol. The number of hydrogen-bond donors (Lipinski definition) is 1. The number of aromatic nitrogens is 2. The molecule has 1 aromatic heterocycles. The molecule has 2 aromatic rings. The van der Waals surface area contributed by atoms with E-state index in [1.54, 1.807) is 13.3 Å². The zero-order valence-corrected chi connectivity index (χ0v) is 13.5. The van der Waals surface area contributed by atoms with Crippen molar-refractivity contribution in [1.82, 2.24) is 14.9 Å². The molecule has 2 rings (SSSR count). The number of methoxy groups -OCH3 is 1. The Morgan fingerprint density at radius 3 is 2.77 bits per heavy atom. The summed E-state index contributed by atoms with van der Waals surface area (Å²) in [5.41, 5.74) is 0.930. The Morgan fingerprint density at radius 2 is 2.18 bits per heavy atom. The standard InChI is InChI=1S/C17H23N3O2/c1-12(2)16(17-18-8-9-20(17)3)19-15(21)11-13-6-5-7-14(10-13)22-4/h5-10,12,16H,11H2,1-4H3,(H,19,21)/t16-/m0/s1. The van der Waals surface area contributed by atoms with Gasteiger partial charge in [0.15, 0.2) is 0 Å². The van der Waals surface area contributed by atoms with Gasteiger partial charge in [-0.25, -0.2) is 4.98 Å². The quantitative estimate of drug-likeness (QED) is 0.892. The summed E-state index contributed by atoms with van der Waals surface area (Å²) < 4.78 is 7.13. The second kappa shape index (κ2) is 7.11. The van der Waals surface area contributed by atoms with Crippen LogP contribution in [0.25, 0.3) is 0 Å². The van der Waals surface area contributed by atoms with Gasteiger partial charge < -0.3 is 14.6 Å². The summed E-state index contributed by atoms with van der Waals surface area (Å²) in [5.74, 6) is 1.87. The van der Waals surface area contributed by atoms with Crippen LogP contribution >= 0.6 is 0 Å². The lowest BCUT2D eigenvalue weighted by molar-refractivity contribution is -0.121. The Labute approximate surface area is 131 Å². The summed E-state index contributed by atoms with van der Waals surface area (Å²) in [6.45, 7) is 4.15. The van der Waals surface area contributed by atoms with E-state index in [0.29, 0.717) is 6.42 Å². The number of hydrogen-bond acceptors (Lipinski definition) is 3. The third-order valence-electron chi connectivity index (χ3n) is 3.62. The van der Waals surface area contributed by atoms with Crippen LogP contribution in [0.4, 0.5) is 0 Å². The number of nitrogens with one attached hydrogen (secondary N) is 1. The van der Waals surface area contributed by atoms with Crippen LogP contribution in [0.2, 0.25) is 0 Å². The van der Waals surface area contributed by atoms with Crippen LogP contribution in [0.15, 0.2) is 36.7 Å². The predicted molar refractivity (Wildman–Crippen MR) is 85.6 cm³/mol. The molecule has 0 bridgehead atoms. The maximum atomic E-state index is 12.3. The summed E-state index contributed by atoms with van der Waals surface area (Å²) in [6.07, 6.45) is 3.96. The topological polar surface area (TPSA) is 56.1 Å². The van der Waals surface area contributed by atoms with Crippen LogP contribution in [0.1, 0.15) is 31.3 Å². The van der Waals surface area contributed by atoms with Gasteiger partial charge in [-0.2, -0.15) is 0 Å². The molecule has 0 spiro atoms. The molecule has 0 saturated heterocycles. The van der Waals surface area contributed by atoms with Gasteiger partial charge in [-0.3, -0.25) is 4.79 Å². The Kier molecular flexibility index (Phi) is 5.20. The second-order valence-electron chi connectivity index (χ2n) is 5.71. The minimum absolute atomic E-state index is 0.0186. The Morgan fingerprint density at radius 1 is 1.41 bits per heavy atom. The van der Waals surface area contributed by atoms with Crippen LogP contribution in [0, 0.1) is 5.92 Å². The van der Waals surface area contributed by atoms with E-state index in [-0.39, 0.29) is 17.9 Å². The molecule has 1 N–H and O–H groups in total. The van der Waals surface area contributed by atoms with Crippen molar-refractivity contribution >= 4 is 5.91 Å². The van der Waals surface area contributed by atoms with Gasteiger partial charge in [0.25, 0.3) is 0 Å². The highest BCUT2D eigenvalue weighted by Crippen LogP contribution is 2.20. The van der Waals surface area contributed by atoms with Gasteiger partial charge in [0.05, 0.1) is 19.6 Å². The van der Waals surface area contributed by atoms with Crippen LogP contribution in [-0.4, -0.2) is 22.6 Å². The summed E-state index contributed by atoms with van der Waals surface area (Å²) in [7, 11) is 3.56. The number of aryl methyl sites for hydroxylation is 1. The highest BCUT2D eigenvalue weighted by atomic mass is 16.5. The molecule has 118 valence electrons. The molecule has 1 amide bonds. The number of benzene rings is 1. The predicted octanol–water partition coefficient (Wildman–Crippen LogP) is 2.48. The van der Waals surface area contributed by atoms with Gasteiger partial charge in [0.1, 0.15) is 11.6 Å². The van der Waals surface area contributed by atoms with E-state index in [2.05, 4.69) is 24.1 Å². The van der Waals surface area contributed by atoms with Gasteiger partial charge in [-0.1, -0.05) is 26.0 Å². The fraction of sp³-hybridized carbons (Fsp3) is 0.412. The Balaban J connectivity index is 2.07. The molecule has 1 aromatic carbocycles. The van der Waals surface area contributed by atoms with Crippen LogP contribution < -0.4 is 10.1 Å². The lowest BCUT2D eigenvalue weighted by Crippen LogP contribution is -2.34. The molecule has 0 saturated carbocycles. The molecule has 1 heterocycles. The largest absolute Gasteiger partial charge is 0.497 e. The van der Waals surface area contributed by atoms with Crippen molar-refractivity contribution in [3.05, 3.63) is 48.0 Å². The third kappa shape index (κ3) is 3.87. The van der Waals surface area contributed by atoms with Gasteiger partial charge in [0.2, 0.25) is 5.91 Å². The van der Waals surface area contributed by atoms with Crippen LogP contribution in [0.5, 0.6) is 5.75 Å². The molecule has 0 aliphatic heterocycles. The van der Waals surface area contributed by atoms with E-state index in [1.807, 2.05) is 42.1 Å². The first kappa shape index (κ1) is 16.1. The highest BCUT2D eigenvalue weighted by molar-refractivity contribution is 5.79. The van der Waals surface area contributed by atoms with Gasteiger partial charge >= 0.3 is 0 Å². The number of imidazole rings is 1. The van der Waals surface area contributed by atoms with Gasteiger partial charge in [-0.05, 0) is 23.6 Å². The highest BCUT2D eigenvalue weighted by Gasteiger charge is 2.21. The van der Waals surface area contributed by atoms with E-state index in [4.69, 9.17) is 4.74 Å². The first-order chi connectivity index (χ1) is 10.5. The van der Waals surface area contributed by atoms with Gasteiger partial charge in [0, 0.05) is 19.4 Å². The molecule has 0 fully saturated rings. The van der Waals surface area contributed by atoms with Crippen molar-refractivity contribution < 1.29 is 9.53 Å². The minimum atomic E-state index is -0.0990. The van der Waals surface area contributed by atoms with E-state index in [1.165, 1.54) is 0 Å². The molecule has 5 nitrogen and oxygen atoms in total. The summed E-state index contributed by atoms with van der Waals surface area (Å²) in [5, 5.41) is 3.08. The monoisotopic (exact) mass is 301 g/mol. The average molecular weight is 301 g/mol. The lowest BCUT2D eigenvalue weighted by Gasteiger charge is -2.22. The third-order valence-corrected chi connectivity index (χ3v) is 3.62. The van der Waals surface area contributed by atoms with Crippen molar-refractivity contribution in [3.63, 3.8) is 0 Å². The Bertz CT molecular complexity index is 634. The van der Waals surface area contributed by atoms with Crippen LogP contribution in [0.3, 0.4) is 0 Å². The van der Waals surface area contributed by atoms with Crippen molar-refractivity contribution in [2.75, 3.05) is 7.11 Å². The number of amides is 1. The molecule has 5 heteroatoms. The van der Waals surface area contributed by atoms with Crippen molar-refractivity contribution in [1.29, 1.82) is 0 Å². The molecule has 0 unspecified atom stereocenters. The zero-order chi connectivity index (χ0) is 16.1. The van der Waals surface area contributed by atoms with Crippen molar-refractivity contribution in [2.45, 2.75) is 26.3 Å². The Hall–Kier alpha value is -2.30. The second-order valence-corrected chi connectivity index (χ2v) is 5.71. The van der Waals surface area contributed by atoms with E-state index in [9.17, 15) is 4.79 Å². The fourth-order valence-electron chi connectivity index (χ4n) is 2.40. The molecule has 1 atom stereocenters. The first-order valence-corrected chi connectivity index (χ1v) is 7.40. The molecule has 22 heavy (non-hydrogen) atoms. The summed E-state index contributed by atoms with van der Waals surface area (Å²) in [6, 6.07) is 7.46. The van der Waals surface area contributed by atoms with E-state index >= 15 is 0 Å². The van der Waals surface area contributed by atoms with Crippen molar-refractivity contribution in [3.8, 4) is 5.75 Å². The summed E-state index contributed by atoms with van der Waals surface area (Å²) >= 11 is 0. The van der Waals surface area contributed by atoms with E-state index < -0.39 is 0 Å². The number of rotatable bonds is 6. The smallest absolute Gasteiger partial charge is 0.225 e. The fourth-order valence-corrected chi connectivity index (χ4v) is 2.40. The minimum Gasteiger partial charge on any atom is -0.497 e. The summed E-state index contributed by atoms with van der Waals surface area (Å²) in [4.78, 5) is 16.7. The maximum Gasteiger partial charge on any atom is 0.225 e. The first-order valence-electron chi connectivity index (χ1n) is 7.40. The number of ether oxygens (including phenoxy) is 1. The average Bonchev–Trinajstić information content (AvgIpc) is 2.90. The van der Waals surface area contributed by atoms with Gasteiger partial charge in [-0.15, -0.1) is 0 Å². The maximum absolute atomic E-state index is 12.3. The lowest BCUT2D eigenvalue weighted by atomic mass is 10.0. The van der Waals surface area contributed by atoms with E-state index in [0.717, 1.165) is 17.1 Å². The van der Waals surface area contributed by atoms with Crippen molar-refractivity contribution in [2.24, 2.45) is 13.0 Å².